The lowest BCUT2D eigenvalue weighted by molar-refractivity contribution is 0.187. The molecule has 0 aliphatic rings. The first-order valence-corrected chi connectivity index (χ1v) is 3.42. The Morgan fingerprint density at radius 3 is 2.70 bits per heavy atom. The van der Waals surface area contributed by atoms with E-state index in [4.69, 9.17) is 9.52 Å². The summed E-state index contributed by atoms with van der Waals surface area (Å²) in [6.07, 6.45) is 0.291. The quantitative estimate of drug-likeness (QED) is 0.675. The Hall–Kier alpha value is -0.760. The monoisotopic (exact) mass is 140 g/mol. The van der Waals surface area contributed by atoms with Crippen LogP contribution in [0.5, 0.6) is 0 Å². The van der Waals surface area contributed by atoms with Crippen LogP contribution in [0.1, 0.15) is 18.4 Å². The molecule has 0 saturated heterocycles. The molecule has 0 radical (unpaired) electrons. The van der Waals surface area contributed by atoms with Gasteiger partial charge in [0.25, 0.3) is 0 Å². The average molecular weight is 140 g/mol. The second kappa shape index (κ2) is 2.88. The van der Waals surface area contributed by atoms with Crippen molar-refractivity contribution >= 4 is 0 Å². The molecule has 0 aromatic carbocycles. The molecule has 0 saturated carbocycles. The van der Waals surface area contributed by atoms with Crippen molar-refractivity contribution in [2.24, 2.45) is 0 Å². The minimum atomic E-state index is -0.314. The van der Waals surface area contributed by atoms with Crippen LogP contribution in [0.25, 0.3) is 0 Å². The van der Waals surface area contributed by atoms with Crippen molar-refractivity contribution in [2.75, 3.05) is 0 Å². The molecule has 0 unspecified atom stereocenters. The number of aliphatic hydroxyl groups is 1. The molecule has 1 aromatic rings. The van der Waals surface area contributed by atoms with Crippen molar-refractivity contribution in [1.82, 2.24) is 0 Å². The summed E-state index contributed by atoms with van der Waals surface area (Å²) in [5.41, 5.74) is 0. The lowest BCUT2D eigenvalue weighted by Gasteiger charge is -1.98. The molecule has 1 N–H and O–H groups in total. The molecule has 0 spiro atoms. The molecular weight excluding hydrogens is 128 g/mol. The van der Waals surface area contributed by atoms with Crippen molar-refractivity contribution in [3.8, 4) is 0 Å². The highest BCUT2D eigenvalue weighted by Crippen LogP contribution is 2.08. The summed E-state index contributed by atoms with van der Waals surface area (Å²) >= 11 is 0. The van der Waals surface area contributed by atoms with Gasteiger partial charge in [0.2, 0.25) is 0 Å². The van der Waals surface area contributed by atoms with Crippen molar-refractivity contribution < 1.29 is 9.52 Å². The summed E-state index contributed by atoms with van der Waals surface area (Å²) < 4.78 is 5.23. The molecule has 0 bridgehead atoms. The maximum Gasteiger partial charge on any atom is 0.106 e. The lowest BCUT2D eigenvalue weighted by Crippen LogP contribution is -2.02. The molecule has 1 rings (SSSR count). The summed E-state index contributed by atoms with van der Waals surface area (Å²) in [6, 6.07) is 3.79. The highest BCUT2D eigenvalue weighted by Gasteiger charge is 2.01. The third-order valence-electron chi connectivity index (χ3n) is 1.29. The second-order valence-corrected chi connectivity index (χ2v) is 2.57. The minimum Gasteiger partial charge on any atom is -0.466 e. The lowest BCUT2D eigenvalue weighted by atomic mass is 10.2. The van der Waals surface area contributed by atoms with Gasteiger partial charge in [-0.1, -0.05) is 0 Å². The smallest absolute Gasteiger partial charge is 0.106 e. The molecule has 56 valence electrons. The Morgan fingerprint density at radius 2 is 2.30 bits per heavy atom. The predicted molar refractivity (Wildman–Crippen MR) is 38.8 cm³/mol. The van der Waals surface area contributed by atoms with Crippen molar-refractivity contribution in [3.63, 3.8) is 0 Å². The van der Waals surface area contributed by atoms with E-state index in [1.165, 1.54) is 0 Å². The summed E-state index contributed by atoms with van der Waals surface area (Å²) in [6.45, 7) is 3.64. The van der Waals surface area contributed by atoms with Crippen LogP contribution in [0.3, 0.4) is 0 Å². The van der Waals surface area contributed by atoms with Gasteiger partial charge >= 0.3 is 0 Å². The first-order chi connectivity index (χ1) is 4.68. The van der Waals surface area contributed by atoms with E-state index in [-0.39, 0.29) is 6.10 Å². The average Bonchev–Trinajstić information content (AvgIpc) is 2.13. The van der Waals surface area contributed by atoms with Crippen LogP contribution in [-0.4, -0.2) is 11.2 Å². The van der Waals surface area contributed by atoms with Gasteiger partial charge in [-0.05, 0) is 26.0 Å². The topological polar surface area (TPSA) is 33.4 Å². The predicted octanol–water partition coefficient (Wildman–Crippen LogP) is 1.51. The fourth-order valence-corrected chi connectivity index (χ4v) is 0.886. The Morgan fingerprint density at radius 1 is 1.60 bits per heavy atom. The van der Waals surface area contributed by atoms with E-state index < -0.39 is 0 Å². The molecule has 0 amide bonds. The highest BCUT2D eigenvalue weighted by atomic mass is 16.3. The largest absolute Gasteiger partial charge is 0.466 e. The zero-order valence-corrected chi connectivity index (χ0v) is 6.29. The SMILES string of the molecule is Cc1ccc(C[C@@H](C)O)o1. The third-order valence-corrected chi connectivity index (χ3v) is 1.29. The van der Waals surface area contributed by atoms with Crippen molar-refractivity contribution in [2.45, 2.75) is 26.4 Å². The van der Waals surface area contributed by atoms with Gasteiger partial charge in [0.15, 0.2) is 0 Å². The van der Waals surface area contributed by atoms with E-state index in [2.05, 4.69) is 0 Å². The van der Waals surface area contributed by atoms with Crippen LogP contribution in [0.4, 0.5) is 0 Å². The molecular formula is C8H12O2. The Balaban J connectivity index is 2.58. The number of furan rings is 1. The maximum atomic E-state index is 8.96. The number of hydrogen-bond acceptors (Lipinski definition) is 2. The van der Waals surface area contributed by atoms with E-state index in [0.717, 1.165) is 11.5 Å². The number of aryl methyl sites for hydroxylation is 1. The highest BCUT2D eigenvalue weighted by molar-refractivity contribution is 5.05. The molecule has 1 heterocycles. The molecule has 1 atom stereocenters. The summed E-state index contributed by atoms with van der Waals surface area (Å²) in [5.74, 6) is 1.75. The normalized spacial score (nSPS) is 13.5. The Kier molecular flexibility index (Phi) is 2.12. The van der Waals surface area contributed by atoms with Crippen LogP contribution in [0.2, 0.25) is 0 Å². The first-order valence-electron chi connectivity index (χ1n) is 3.42. The van der Waals surface area contributed by atoms with Crippen molar-refractivity contribution in [1.29, 1.82) is 0 Å². The van der Waals surface area contributed by atoms with E-state index in [0.29, 0.717) is 6.42 Å². The van der Waals surface area contributed by atoms with E-state index in [9.17, 15) is 0 Å². The summed E-state index contributed by atoms with van der Waals surface area (Å²) in [4.78, 5) is 0. The minimum absolute atomic E-state index is 0.314. The van der Waals surface area contributed by atoms with Crippen LogP contribution in [0.15, 0.2) is 16.5 Å². The number of rotatable bonds is 2. The first kappa shape index (κ1) is 7.35. The van der Waals surface area contributed by atoms with Crippen LogP contribution in [0, 0.1) is 6.92 Å². The van der Waals surface area contributed by atoms with Gasteiger partial charge in [-0.15, -0.1) is 0 Å². The summed E-state index contributed by atoms with van der Waals surface area (Å²) in [7, 11) is 0. The van der Waals surface area contributed by atoms with Crippen LogP contribution < -0.4 is 0 Å². The zero-order chi connectivity index (χ0) is 7.56. The third kappa shape index (κ3) is 1.88. The zero-order valence-electron chi connectivity index (χ0n) is 6.29. The molecule has 2 heteroatoms. The number of aliphatic hydroxyl groups excluding tert-OH is 1. The molecule has 2 nitrogen and oxygen atoms in total. The fourth-order valence-electron chi connectivity index (χ4n) is 0.886. The van der Waals surface area contributed by atoms with Crippen LogP contribution in [-0.2, 0) is 6.42 Å². The van der Waals surface area contributed by atoms with Gasteiger partial charge in [-0.3, -0.25) is 0 Å². The Labute approximate surface area is 60.5 Å². The van der Waals surface area contributed by atoms with Gasteiger partial charge in [-0.2, -0.15) is 0 Å². The Bertz CT molecular complexity index is 201. The van der Waals surface area contributed by atoms with Gasteiger partial charge in [0.05, 0.1) is 6.10 Å². The second-order valence-electron chi connectivity index (χ2n) is 2.57. The van der Waals surface area contributed by atoms with E-state index in [1.54, 1.807) is 6.92 Å². The fraction of sp³-hybridized carbons (Fsp3) is 0.500. The van der Waals surface area contributed by atoms with Gasteiger partial charge < -0.3 is 9.52 Å². The molecule has 0 aliphatic carbocycles. The standard InChI is InChI=1S/C8H12O2/c1-6(9)5-8-4-3-7(2)10-8/h3-4,6,9H,5H2,1-2H3/t6-/m1/s1. The van der Waals surface area contributed by atoms with Gasteiger partial charge in [0, 0.05) is 6.42 Å². The van der Waals surface area contributed by atoms with E-state index in [1.807, 2.05) is 19.1 Å². The van der Waals surface area contributed by atoms with Gasteiger partial charge in [-0.25, -0.2) is 0 Å². The van der Waals surface area contributed by atoms with Gasteiger partial charge in [0.1, 0.15) is 11.5 Å². The van der Waals surface area contributed by atoms with Crippen LogP contribution >= 0.6 is 0 Å². The number of hydrogen-bond donors (Lipinski definition) is 1. The summed E-state index contributed by atoms with van der Waals surface area (Å²) in [5, 5.41) is 8.96. The maximum absolute atomic E-state index is 8.96. The van der Waals surface area contributed by atoms with Crippen molar-refractivity contribution in [3.05, 3.63) is 23.7 Å². The molecule has 1 aromatic heterocycles. The molecule has 0 aliphatic heterocycles. The van der Waals surface area contributed by atoms with E-state index >= 15 is 0 Å². The molecule has 0 fully saturated rings. The molecule has 10 heavy (non-hydrogen) atoms.